The number of amides is 4. The van der Waals surface area contributed by atoms with Gasteiger partial charge in [0.05, 0.1) is 64.7 Å². The summed E-state index contributed by atoms with van der Waals surface area (Å²) < 4.78 is 38.1. The Balaban J connectivity index is 1.04. The number of likely N-dealkylation sites (tertiary alicyclic amines) is 2. The summed E-state index contributed by atoms with van der Waals surface area (Å²) >= 11 is 0. The first-order valence-corrected chi connectivity index (χ1v) is 24.2. The number of carbonyl (C=O) groups excluding carboxylic acids is 3. The number of nitrogens with zero attached hydrogens (tertiary/aromatic N) is 6. The third kappa shape index (κ3) is 8.89. The summed E-state index contributed by atoms with van der Waals surface area (Å²) in [6, 6.07) is 12.2. The van der Waals surface area contributed by atoms with E-state index in [0.717, 1.165) is 54.3 Å². The third-order valence-electron chi connectivity index (χ3n) is 14.5. The topological polar surface area (TPSA) is 192 Å². The van der Waals surface area contributed by atoms with E-state index >= 15 is 8.78 Å². The number of aromatic amines is 2. The fourth-order valence-corrected chi connectivity index (χ4v) is 11.1. The predicted molar refractivity (Wildman–Crippen MR) is 253 cm³/mol. The minimum atomic E-state index is -1.25. The molecule has 9 rings (SSSR count). The number of ether oxygens (including phenoxy) is 1. The molecule has 4 aliphatic heterocycles. The van der Waals surface area contributed by atoms with Crippen molar-refractivity contribution in [1.82, 2.24) is 40.4 Å². The Hall–Kier alpha value is -6.46. The van der Waals surface area contributed by atoms with E-state index in [-0.39, 0.29) is 59.2 Å². The first-order valence-electron chi connectivity index (χ1n) is 24.2. The molecule has 362 valence electrons. The van der Waals surface area contributed by atoms with Gasteiger partial charge < -0.3 is 50.0 Å². The zero-order valence-electron chi connectivity index (χ0n) is 39.4. The number of halogens is 2. The van der Waals surface area contributed by atoms with Gasteiger partial charge in [-0.1, -0.05) is 39.8 Å². The number of piperidine rings is 1. The summed E-state index contributed by atoms with van der Waals surface area (Å²) in [5.41, 5.74) is 5.12. The molecule has 5 aromatic rings. The van der Waals surface area contributed by atoms with Crippen molar-refractivity contribution in [3.8, 4) is 0 Å². The zero-order valence-corrected chi connectivity index (χ0v) is 39.4. The van der Waals surface area contributed by atoms with Crippen LogP contribution in [-0.2, 0) is 14.3 Å². The van der Waals surface area contributed by atoms with E-state index in [9.17, 15) is 24.3 Å². The lowest BCUT2D eigenvalue weighted by Crippen LogP contribution is -2.51. The molecule has 0 bridgehead atoms. The molecule has 0 radical (unpaired) electrons. The van der Waals surface area contributed by atoms with Crippen LogP contribution < -0.4 is 20.4 Å². The highest BCUT2D eigenvalue weighted by molar-refractivity contribution is 5.87. The second kappa shape index (κ2) is 19.3. The van der Waals surface area contributed by atoms with Crippen molar-refractivity contribution < 1.29 is 37.8 Å². The van der Waals surface area contributed by atoms with Crippen molar-refractivity contribution in [2.45, 2.75) is 122 Å². The summed E-state index contributed by atoms with van der Waals surface area (Å²) in [6.45, 7) is 9.71. The Morgan fingerprint density at radius 3 is 1.62 bits per heavy atom. The van der Waals surface area contributed by atoms with Gasteiger partial charge in [-0.15, -0.1) is 0 Å². The highest BCUT2D eigenvalue weighted by Crippen LogP contribution is 2.49. The van der Waals surface area contributed by atoms with Crippen LogP contribution in [0.4, 0.5) is 29.7 Å². The van der Waals surface area contributed by atoms with Crippen LogP contribution in [0.2, 0.25) is 0 Å². The van der Waals surface area contributed by atoms with Crippen molar-refractivity contribution in [3.63, 3.8) is 0 Å². The van der Waals surface area contributed by atoms with Gasteiger partial charge in [0.2, 0.25) is 11.8 Å². The molecule has 0 saturated carbocycles. The van der Waals surface area contributed by atoms with E-state index in [1.165, 1.54) is 7.11 Å². The van der Waals surface area contributed by atoms with Gasteiger partial charge in [-0.2, -0.15) is 0 Å². The molecule has 0 aliphatic carbocycles. The smallest absolute Gasteiger partial charge is 0.407 e. The van der Waals surface area contributed by atoms with E-state index in [0.29, 0.717) is 74.5 Å². The van der Waals surface area contributed by atoms with Gasteiger partial charge in [0.25, 0.3) is 0 Å². The Kier molecular flexibility index (Phi) is 13.2. The van der Waals surface area contributed by atoms with Gasteiger partial charge in [-0.05, 0) is 117 Å². The molecule has 5 N–H and O–H groups in total. The Bertz CT molecular complexity index is 2700. The number of hydrogen-bond acceptors (Lipinski definition) is 9. The van der Waals surface area contributed by atoms with Crippen LogP contribution >= 0.6 is 0 Å². The van der Waals surface area contributed by atoms with Gasteiger partial charge in [0.15, 0.2) is 11.6 Å². The molecular formula is C50H62F2N10O6. The Morgan fingerprint density at radius 2 is 1.13 bits per heavy atom. The number of methoxy groups -OCH3 is 1. The molecule has 6 heterocycles. The second-order valence-corrected chi connectivity index (χ2v) is 19.5. The average molecular weight is 937 g/mol. The lowest BCUT2D eigenvalue weighted by molar-refractivity contribution is -0.136. The van der Waals surface area contributed by atoms with E-state index in [4.69, 9.17) is 14.7 Å². The molecule has 2 aromatic heterocycles. The molecule has 16 nitrogen and oxygen atoms in total. The standard InChI is InChI=1S/C50H62F2N10O6/c1-27(2)43(57-49(65)66)47(63)60-23-9-11-39(60)45-53-31-15-13-29(25-33(31)55-45)35-17-18-36(62(35)38-20-19-37(41(51)42(38)52)59-21-7-6-8-22-59)30-14-16-32-34(26-30)56-46(54-32)40-12-10-24-61(40)48(64)44(28(3)4)58-50(67)68-5/h13-16,19-20,25-28,35-36,39-40,43-44,57H,6-12,17-18,21-24H2,1-5H3,(H,53,55)(H,54,56)(H,58,67)(H,65,66)/t35-,36-,39+,40+,43+,44+/m1/s1. The summed E-state index contributed by atoms with van der Waals surface area (Å²) in [6.07, 6.45) is 5.12. The number of carboxylic acid groups (broad SMARTS) is 1. The number of rotatable bonds is 12. The molecule has 3 aromatic carbocycles. The minimum absolute atomic E-state index is 0.168. The normalized spacial score (nSPS) is 21.9. The lowest BCUT2D eigenvalue weighted by Gasteiger charge is -2.35. The number of benzene rings is 3. The first kappa shape index (κ1) is 46.6. The first-order chi connectivity index (χ1) is 32.7. The number of anilines is 2. The molecule has 0 spiro atoms. The van der Waals surface area contributed by atoms with E-state index in [1.807, 2.05) is 73.9 Å². The molecule has 0 unspecified atom stereocenters. The highest BCUT2D eigenvalue weighted by atomic mass is 19.2. The number of alkyl carbamates (subject to hydrolysis) is 1. The quantitative estimate of drug-likeness (QED) is 0.0808. The molecule has 4 saturated heterocycles. The number of nitrogens with one attached hydrogen (secondary N) is 4. The van der Waals surface area contributed by atoms with Crippen LogP contribution in [0, 0.1) is 23.5 Å². The maximum Gasteiger partial charge on any atom is 0.407 e. The van der Waals surface area contributed by atoms with Gasteiger partial charge >= 0.3 is 12.2 Å². The fourth-order valence-electron chi connectivity index (χ4n) is 11.1. The van der Waals surface area contributed by atoms with Crippen molar-refractivity contribution in [1.29, 1.82) is 0 Å². The maximum atomic E-state index is 16.9. The molecule has 18 heteroatoms. The minimum Gasteiger partial charge on any atom is -0.465 e. The van der Waals surface area contributed by atoms with E-state index in [1.54, 1.807) is 21.9 Å². The Labute approximate surface area is 394 Å². The van der Waals surface area contributed by atoms with Crippen LogP contribution in [0.3, 0.4) is 0 Å². The van der Waals surface area contributed by atoms with Crippen LogP contribution in [0.15, 0.2) is 48.5 Å². The number of hydrogen-bond donors (Lipinski definition) is 5. The monoisotopic (exact) mass is 936 g/mol. The highest BCUT2D eigenvalue weighted by Gasteiger charge is 2.41. The van der Waals surface area contributed by atoms with E-state index in [2.05, 4.69) is 20.6 Å². The molecule has 68 heavy (non-hydrogen) atoms. The molecule has 4 fully saturated rings. The number of H-pyrrole nitrogens is 2. The van der Waals surface area contributed by atoms with Gasteiger partial charge in [-0.25, -0.2) is 28.3 Å². The summed E-state index contributed by atoms with van der Waals surface area (Å²) in [5, 5.41) is 14.6. The second-order valence-electron chi connectivity index (χ2n) is 19.5. The number of carbonyl (C=O) groups is 4. The van der Waals surface area contributed by atoms with Crippen LogP contribution in [0.5, 0.6) is 0 Å². The average Bonchev–Trinajstić information content (AvgIpc) is 4.19. The largest absolute Gasteiger partial charge is 0.465 e. The van der Waals surface area contributed by atoms with Crippen molar-refractivity contribution >= 4 is 57.4 Å². The van der Waals surface area contributed by atoms with Crippen LogP contribution in [0.1, 0.15) is 132 Å². The van der Waals surface area contributed by atoms with Gasteiger partial charge in [0, 0.05) is 26.2 Å². The van der Waals surface area contributed by atoms with Crippen molar-refractivity contribution in [2.75, 3.05) is 43.1 Å². The van der Waals surface area contributed by atoms with E-state index < -0.39 is 35.9 Å². The molecule has 4 amide bonds. The summed E-state index contributed by atoms with van der Waals surface area (Å²) in [5.74, 6) is -1.42. The maximum absolute atomic E-state index is 16.9. The van der Waals surface area contributed by atoms with Crippen molar-refractivity contribution in [2.24, 2.45) is 11.8 Å². The lowest BCUT2D eigenvalue weighted by atomic mass is 10.0. The molecular weight excluding hydrogens is 875 g/mol. The molecule has 4 aliphatic rings. The van der Waals surface area contributed by atoms with Crippen LogP contribution in [-0.4, -0.2) is 104 Å². The number of imidazole rings is 2. The Morgan fingerprint density at radius 1 is 0.647 bits per heavy atom. The van der Waals surface area contributed by atoms with Gasteiger partial charge in [-0.3, -0.25) is 9.59 Å². The molecule has 6 atom stereocenters. The van der Waals surface area contributed by atoms with Crippen molar-refractivity contribution in [3.05, 3.63) is 82.9 Å². The van der Waals surface area contributed by atoms with Crippen LogP contribution in [0.25, 0.3) is 22.1 Å². The van der Waals surface area contributed by atoms with Gasteiger partial charge in [0.1, 0.15) is 23.7 Å². The third-order valence-corrected chi connectivity index (χ3v) is 14.5. The fraction of sp³-hybridized carbons (Fsp3) is 0.520. The number of aromatic nitrogens is 4. The zero-order chi connectivity index (χ0) is 48.0. The number of fused-ring (bicyclic) bond motifs is 2. The predicted octanol–water partition coefficient (Wildman–Crippen LogP) is 8.79. The SMILES string of the molecule is COC(=O)N[C@H](C(=O)N1CCC[C@H]1c1nc2ccc([C@H]3CC[C@H](c4ccc5nc([C@@H]6CCCN6C(=O)[C@@H](NC(=O)O)C(C)C)[nH]c5c4)N3c3ccc(N4CCCCC4)c(F)c3F)cc2[nH]1)C(C)C. The summed E-state index contributed by atoms with van der Waals surface area (Å²) in [7, 11) is 1.27. The summed E-state index contributed by atoms with van der Waals surface area (Å²) in [4.78, 5) is 75.7.